The van der Waals surface area contributed by atoms with Crippen LogP contribution in [0, 0.1) is 5.92 Å². The van der Waals surface area contributed by atoms with E-state index in [-0.39, 0.29) is 11.9 Å². The predicted molar refractivity (Wildman–Crippen MR) is 169 cm³/mol. The molecule has 222 valence electrons. The van der Waals surface area contributed by atoms with Gasteiger partial charge in [-0.3, -0.25) is 9.78 Å². The van der Waals surface area contributed by atoms with Gasteiger partial charge in [0.25, 0.3) is 5.91 Å². The molecule has 1 fully saturated rings. The van der Waals surface area contributed by atoms with Gasteiger partial charge in [0.1, 0.15) is 0 Å². The van der Waals surface area contributed by atoms with E-state index in [2.05, 4.69) is 70.0 Å². The number of amides is 1. The molecule has 43 heavy (non-hydrogen) atoms. The lowest BCUT2D eigenvalue weighted by Crippen LogP contribution is -2.48. The van der Waals surface area contributed by atoms with Crippen molar-refractivity contribution >= 4 is 34.3 Å². The van der Waals surface area contributed by atoms with E-state index in [1.54, 1.807) is 6.07 Å². The number of anilines is 1. The zero-order chi connectivity index (χ0) is 30.1. The van der Waals surface area contributed by atoms with Gasteiger partial charge in [-0.15, -0.1) is 0 Å². The van der Waals surface area contributed by atoms with Crippen LogP contribution in [0.4, 0.5) is 10.1 Å². The molecule has 6 N–H and O–H groups in total. The Hall–Kier alpha value is -4.61. The van der Waals surface area contributed by atoms with Crippen LogP contribution in [0.3, 0.4) is 0 Å². The Morgan fingerprint density at radius 2 is 2.05 bits per heavy atom. The summed E-state index contributed by atoms with van der Waals surface area (Å²) in [5, 5.41) is 13.2. The maximum Gasteiger partial charge on any atom is 0.283 e. The van der Waals surface area contributed by atoms with Gasteiger partial charge in [-0.05, 0) is 60.0 Å². The molecule has 11 heteroatoms. The second-order valence-electron chi connectivity index (χ2n) is 11.3. The summed E-state index contributed by atoms with van der Waals surface area (Å²) in [4.78, 5) is 26.2. The van der Waals surface area contributed by atoms with Gasteiger partial charge in [0.2, 0.25) is 11.9 Å². The number of aromatic nitrogens is 1. The third-order valence-electron chi connectivity index (χ3n) is 8.06. The normalized spacial score (nSPS) is 18.4. The van der Waals surface area contributed by atoms with Crippen LogP contribution in [0.2, 0.25) is 0 Å². The Kier molecular flexibility index (Phi) is 7.92. The highest BCUT2D eigenvalue weighted by Gasteiger charge is 2.31. The number of fused-ring (bicyclic) bond motifs is 2. The van der Waals surface area contributed by atoms with Crippen LogP contribution in [0.15, 0.2) is 82.3 Å². The monoisotopic (exact) mass is 581 g/mol. The lowest BCUT2D eigenvalue weighted by molar-refractivity contribution is -0.114. The van der Waals surface area contributed by atoms with Crippen LogP contribution < -0.4 is 27.1 Å². The molecule has 3 aliphatic heterocycles. The van der Waals surface area contributed by atoms with Gasteiger partial charge in [-0.1, -0.05) is 50.8 Å². The average molecular weight is 582 g/mol. The first kappa shape index (κ1) is 28.5. The van der Waals surface area contributed by atoms with E-state index >= 15 is 0 Å². The third-order valence-corrected chi connectivity index (χ3v) is 8.06. The number of benzene rings is 2. The molecular formula is C32H36FN9O. The number of aliphatic imine (C=N–C) groups is 2. The number of carbonyl (C=O) groups excluding carboxylic acids is 1. The number of rotatable bonds is 7. The number of pyridine rings is 1. The van der Waals surface area contributed by atoms with Crippen molar-refractivity contribution in [1.82, 2.24) is 26.1 Å². The molecule has 0 bridgehead atoms. The Morgan fingerprint density at radius 1 is 1.21 bits per heavy atom. The van der Waals surface area contributed by atoms with Crippen LogP contribution in [-0.2, 0) is 11.3 Å². The molecule has 1 saturated heterocycles. The van der Waals surface area contributed by atoms with E-state index in [9.17, 15) is 9.18 Å². The standard InChI is InChI=1S/C32H36FN9O/c1-18(2)26-17-37-42-29(26)40-31(34)41-32(42)36-16-20-7-4-5-9-24(20)28-25-11-10-23(38-30(43)19(3)33)13-22(25)14-27(39-28)21-8-6-12-35-15-21/h4-5,7,9-11,13-14,18,21,35,37H,3,6,8,12,15-17H2,1-2H3,(H,38,43)(H3,34,36,40,41). The highest BCUT2D eigenvalue weighted by Crippen LogP contribution is 2.35. The highest BCUT2D eigenvalue weighted by molar-refractivity contribution is 6.04. The van der Waals surface area contributed by atoms with Gasteiger partial charge < -0.3 is 21.7 Å². The molecule has 4 heterocycles. The van der Waals surface area contributed by atoms with Crippen LogP contribution in [-0.4, -0.2) is 47.5 Å². The van der Waals surface area contributed by atoms with Gasteiger partial charge in [0, 0.05) is 47.9 Å². The number of hydrogen-bond donors (Lipinski definition) is 5. The van der Waals surface area contributed by atoms with E-state index in [1.165, 1.54) is 5.57 Å². The van der Waals surface area contributed by atoms with E-state index in [0.717, 1.165) is 65.0 Å². The molecule has 1 unspecified atom stereocenters. The molecule has 0 spiro atoms. The highest BCUT2D eigenvalue weighted by atomic mass is 19.1. The summed E-state index contributed by atoms with van der Waals surface area (Å²) >= 11 is 0. The Morgan fingerprint density at radius 3 is 2.81 bits per heavy atom. The maximum absolute atomic E-state index is 13.4. The number of halogens is 1. The van der Waals surface area contributed by atoms with Crippen LogP contribution in [0.5, 0.6) is 0 Å². The predicted octanol–water partition coefficient (Wildman–Crippen LogP) is 4.25. The van der Waals surface area contributed by atoms with Crippen molar-refractivity contribution < 1.29 is 9.18 Å². The minimum absolute atomic E-state index is 0.213. The van der Waals surface area contributed by atoms with Crippen molar-refractivity contribution in [2.24, 2.45) is 21.6 Å². The molecule has 0 aliphatic carbocycles. The Labute approximate surface area is 250 Å². The molecule has 2 aromatic carbocycles. The summed E-state index contributed by atoms with van der Waals surface area (Å²) in [6, 6.07) is 15.8. The zero-order valence-electron chi connectivity index (χ0n) is 24.4. The molecule has 0 saturated carbocycles. The molecule has 10 nitrogen and oxygen atoms in total. The maximum atomic E-state index is 13.4. The largest absolute Gasteiger partial charge is 0.368 e. The molecule has 1 amide bonds. The molecule has 6 rings (SSSR count). The van der Waals surface area contributed by atoms with E-state index in [4.69, 9.17) is 10.7 Å². The quantitative estimate of drug-likeness (QED) is 0.264. The fourth-order valence-corrected chi connectivity index (χ4v) is 5.79. The number of piperidine rings is 1. The van der Waals surface area contributed by atoms with E-state index in [0.29, 0.717) is 30.7 Å². The zero-order valence-corrected chi connectivity index (χ0v) is 24.4. The van der Waals surface area contributed by atoms with Gasteiger partial charge in [0.05, 0.1) is 5.69 Å². The summed E-state index contributed by atoms with van der Waals surface area (Å²) in [5.74, 6) is 0.273. The number of nitrogens with two attached hydrogens (primary N) is 1. The first-order valence-electron chi connectivity index (χ1n) is 14.6. The number of hydrazine groups is 1. The Balaban J connectivity index is 1.37. The Bertz CT molecular complexity index is 1690. The number of nitrogens with zero attached hydrogens (tertiary/aromatic N) is 4. The minimum atomic E-state index is -1.03. The molecule has 3 aromatic rings. The van der Waals surface area contributed by atoms with Crippen molar-refractivity contribution in [3.05, 3.63) is 83.6 Å². The average Bonchev–Trinajstić information content (AvgIpc) is 3.44. The second-order valence-corrected chi connectivity index (χ2v) is 11.3. The lowest BCUT2D eigenvalue weighted by atomic mass is 9.92. The summed E-state index contributed by atoms with van der Waals surface area (Å²) < 4.78 is 13.4. The molecule has 0 radical (unpaired) electrons. The minimum Gasteiger partial charge on any atom is -0.368 e. The first-order valence-corrected chi connectivity index (χ1v) is 14.6. The second kappa shape index (κ2) is 11.9. The van der Waals surface area contributed by atoms with E-state index in [1.807, 2.05) is 29.3 Å². The molecule has 3 aliphatic rings. The fraction of sp³-hybridized carbons (Fsp3) is 0.312. The topological polar surface area (TPSA) is 132 Å². The molecule has 1 atom stereocenters. The van der Waals surface area contributed by atoms with Crippen molar-refractivity contribution in [1.29, 1.82) is 0 Å². The van der Waals surface area contributed by atoms with Crippen molar-refractivity contribution in [3.8, 4) is 11.3 Å². The summed E-state index contributed by atoms with van der Waals surface area (Å²) in [6.07, 6.45) is 2.11. The number of nitrogens with one attached hydrogen (secondary N) is 4. The summed E-state index contributed by atoms with van der Waals surface area (Å²) in [5.41, 5.74) is 15.0. The number of carbonyl (C=O) groups is 1. The van der Waals surface area contributed by atoms with Gasteiger partial charge >= 0.3 is 0 Å². The van der Waals surface area contributed by atoms with Crippen LogP contribution in [0.1, 0.15) is 43.9 Å². The van der Waals surface area contributed by atoms with Gasteiger partial charge in [-0.2, -0.15) is 9.98 Å². The lowest BCUT2D eigenvalue weighted by Gasteiger charge is -2.26. The summed E-state index contributed by atoms with van der Waals surface area (Å²) in [7, 11) is 0. The van der Waals surface area contributed by atoms with E-state index < -0.39 is 11.7 Å². The SMILES string of the molecule is C=C(F)C(=O)Nc1ccc2c(-c3ccccc3CNC3=NC(N)=NC4=C(C(C)C)CNN34)nc(C3CCCNC3)cc2c1. The molecular weight excluding hydrogens is 545 g/mol. The van der Waals surface area contributed by atoms with Gasteiger partial charge in [-0.25, -0.2) is 14.8 Å². The summed E-state index contributed by atoms with van der Waals surface area (Å²) in [6.45, 7) is 10.4. The van der Waals surface area contributed by atoms with Crippen molar-refractivity contribution in [3.63, 3.8) is 0 Å². The van der Waals surface area contributed by atoms with Crippen LogP contribution in [0.25, 0.3) is 22.0 Å². The smallest absolute Gasteiger partial charge is 0.283 e. The molecule has 1 aromatic heterocycles. The van der Waals surface area contributed by atoms with Gasteiger partial charge in [0.15, 0.2) is 11.6 Å². The van der Waals surface area contributed by atoms with Crippen molar-refractivity contribution in [2.75, 3.05) is 25.0 Å². The number of guanidine groups is 2. The third kappa shape index (κ3) is 5.86. The first-order chi connectivity index (χ1) is 20.8. The van der Waals surface area contributed by atoms with Crippen molar-refractivity contribution in [2.45, 2.75) is 39.2 Å². The van der Waals surface area contributed by atoms with Crippen LogP contribution >= 0.6 is 0 Å². The number of hydrogen-bond acceptors (Lipinski definition) is 9. The fourth-order valence-electron chi connectivity index (χ4n) is 5.79.